The van der Waals surface area contributed by atoms with E-state index >= 15 is 0 Å². The fourth-order valence-electron chi connectivity index (χ4n) is 3.51. The summed E-state index contributed by atoms with van der Waals surface area (Å²) in [7, 11) is -4.86. The van der Waals surface area contributed by atoms with E-state index in [1.807, 2.05) is 0 Å². The maximum absolute atomic E-state index is 13.3. The van der Waals surface area contributed by atoms with Crippen LogP contribution in [-0.2, 0) is 19.5 Å². The van der Waals surface area contributed by atoms with Crippen LogP contribution in [0.5, 0.6) is 0 Å². The molecule has 1 aliphatic rings. The molecule has 0 bridgehead atoms. The molecule has 4 rings (SSSR count). The second-order valence-corrected chi connectivity index (χ2v) is 9.00. The molecule has 11 nitrogen and oxygen atoms in total. The first-order chi connectivity index (χ1) is 15.6. The Morgan fingerprint density at radius 2 is 1.55 bits per heavy atom. The third-order valence-electron chi connectivity index (χ3n) is 4.91. The Balaban J connectivity index is 1.97. The van der Waals surface area contributed by atoms with Gasteiger partial charge in [-0.3, -0.25) is 14.1 Å². The van der Waals surface area contributed by atoms with E-state index in [0.29, 0.717) is 17.7 Å². The Labute approximate surface area is 191 Å². The van der Waals surface area contributed by atoms with Gasteiger partial charge >= 0.3 is 0 Å². The number of rotatable bonds is 6. The molecule has 170 valence electrons. The highest BCUT2D eigenvalue weighted by molar-refractivity contribution is 7.94. The number of carbonyl (C=O) groups excluding carboxylic acids is 2. The van der Waals surface area contributed by atoms with Gasteiger partial charge in [-0.25, -0.2) is 5.26 Å². The van der Waals surface area contributed by atoms with E-state index in [2.05, 4.69) is 14.7 Å². The zero-order valence-electron chi connectivity index (χ0n) is 16.4. The number of anilines is 4. The quantitative estimate of drug-likeness (QED) is 0.0875. The van der Waals surface area contributed by atoms with Crippen molar-refractivity contribution in [3.63, 3.8) is 0 Å². The van der Waals surface area contributed by atoms with Crippen molar-refractivity contribution in [2.75, 3.05) is 16.8 Å². The van der Waals surface area contributed by atoms with Gasteiger partial charge in [0.1, 0.15) is 4.90 Å². The maximum Gasteiger partial charge on any atom is 0.296 e. The van der Waals surface area contributed by atoms with Crippen LogP contribution in [0.3, 0.4) is 0 Å². The fraction of sp³-hybridized carbons (Fsp3) is 0. The highest BCUT2D eigenvalue weighted by Crippen LogP contribution is 2.41. The van der Waals surface area contributed by atoms with Crippen LogP contribution in [0.25, 0.3) is 0 Å². The molecule has 7 N–H and O–H groups in total. The standard InChI is InChI=1S/C20H15N3O8S2/c21-9-5-6-12(14(7-9)32-31-30-26)23-13-8-15(33(27,28)29)18(22)17-16(13)19(24)10-3-1-2-4-11(10)20(17)25/h1-8,23,26H,21-22H2,(H,27,28,29). The summed E-state index contributed by atoms with van der Waals surface area (Å²) >= 11 is 0.562. The van der Waals surface area contributed by atoms with Crippen molar-refractivity contribution in [1.82, 2.24) is 0 Å². The average Bonchev–Trinajstić information content (AvgIpc) is 2.77. The Bertz CT molecular complexity index is 1420. The Morgan fingerprint density at radius 3 is 2.15 bits per heavy atom. The van der Waals surface area contributed by atoms with Crippen molar-refractivity contribution in [2.45, 2.75) is 9.79 Å². The molecule has 33 heavy (non-hydrogen) atoms. The molecule has 0 saturated carbocycles. The smallest absolute Gasteiger partial charge is 0.296 e. The molecule has 0 saturated heterocycles. The number of ketones is 2. The summed E-state index contributed by atoms with van der Waals surface area (Å²) in [5, 5.41) is 14.9. The number of nitrogens with two attached hydrogens (primary N) is 2. The monoisotopic (exact) mass is 489 g/mol. The lowest BCUT2D eigenvalue weighted by Crippen LogP contribution is -2.25. The van der Waals surface area contributed by atoms with Crippen LogP contribution in [0.1, 0.15) is 31.8 Å². The topological polar surface area (TPSA) is 191 Å². The molecule has 3 aromatic rings. The molecule has 0 aliphatic heterocycles. The molecule has 0 fully saturated rings. The molecular formula is C20H15N3O8S2. The van der Waals surface area contributed by atoms with Crippen molar-refractivity contribution in [3.8, 4) is 0 Å². The number of carbonyl (C=O) groups is 2. The van der Waals surface area contributed by atoms with E-state index in [-0.39, 0.29) is 38.5 Å². The Hall–Kier alpha value is -3.46. The fourth-order valence-corrected chi connectivity index (χ4v) is 4.66. The van der Waals surface area contributed by atoms with Crippen molar-refractivity contribution in [3.05, 3.63) is 70.8 Å². The number of hydrogen-bond acceptors (Lipinski definition) is 11. The number of hydrogen-bond donors (Lipinski definition) is 5. The molecule has 0 radical (unpaired) electrons. The van der Waals surface area contributed by atoms with E-state index in [1.165, 1.54) is 30.3 Å². The van der Waals surface area contributed by atoms with Crippen LogP contribution in [0, 0.1) is 0 Å². The first-order valence-electron chi connectivity index (χ1n) is 9.07. The second-order valence-electron chi connectivity index (χ2n) is 6.87. The summed E-state index contributed by atoms with van der Waals surface area (Å²) in [6.45, 7) is 0. The molecule has 3 aromatic carbocycles. The number of benzene rings is 3. The predicted octanol–water partition coefficient (Wildman–Crippen LogP) is 3.05. The predicted molar refractivity (Wildman–Crippen MR) is 119 cm³/mol. The van der Waals surface area contributed by atoms with Gasteiger partial charge in [-0.05, 0) is 24.3 Å². The average molecular weight is 489 g/mol. The van der Waals surface area contributed by atoms with Crippen molar-refractivity contribution >= 4 is 56.5 Å². The molecule has 0 atom stereocenters. The van der Waals surface area contributed by atoms with E-state index in [0.717, 1.165) is 6.07 Å². The first kappa shape index (κ1) is 22.7. The molecule has 0 aromatic heterocycles. The van der Waals surface area contributed by atoms with Gasteiger partial charge < -0.3 is 16.8 Å². The van der Waals surface area contributed by atoms with Gasteiger partial charge in [-0.15, -0.1) is 4.33 Å². The van der Waals surface area contributed by atoms with Crippen LogP contribution in [0.4, 0.5) is 22.7 Å². The Kier molecular flexibility index (Phi) is 5.84. The highest BCUT2D eigenvalue weighted by atomic mass is 32.2. The minimum Gasteiger partial charge on any atom is -0.399 e. The maximum atomic E-state index is 13.3. The molecule has 1 aliphatic carbocycles. The number of nitrogens with one attached hydrogen (secondary N) is 1. The molecule has 0 heterocycles. The number of fused-ring (bicyclic) bond motifs is 2. The van der Waals surface area contributed by atoms with Crippen molar-refractivity contribution < 1.29 is 37.2 Å². The normalized spacial score (nSPS) is 12.9. The zero-order valence-corrected chi connectivity index (χ0v) is 18.1. The minimum atomic E-state index is -4.86. The highest BCUT2D eigenvalue weighted by Gasteiger charge is 2.36. The lowest BCUT2D eigenvalue weighted by atomic mass is 9.82. The molecule has 13 heteroatoms. The molecule has 0 spiro atoms. The van der Waals surface area contributed by atoms with Gasteiger partial charge in [0, 0.05) is 16.8 Å². The first-order valence-corrected chi connectivity index (χ1v) is 11.3. The summed E-state index contributed by atoms with van der Waals surface area (Å²) in [4.78, 5) is 26.0. The van der Waals surface area contributed by atoms with Crippen LogP contribution in [0.2, 0.25) is 0 Å². The summed E-state index contributed by atoms with van der Waals surface area (Å²) in [5.74, 6) is -1.24. The van der Waals surface area contributed by atoms with Gasteiger partial charge in [0.25, 0.3) is 10.1 Å². The third-order valence-corrected chi connectivity index (χ3v) is 6.45. The van der Waals surface area contributed by atoms with Crippen LogP contribution >= 0.6 is 12.0 Å². The third kappa shape index (κ3) is 4.04. The van der Waals surface area contributed by atoms with Gasteiger partial charge in [0.2, 0.25) is 0 Å². The Morgan fingerprint density at radius 1 is 0.909 bits per heavy atom. The van der Waals surface area contributed by atoms with Gasteiger partial charge in [-0.2, -0.15) is 8.42 Å². The molecule has 0 amide bonds. The number of nitrogen functional groups attached to an aromatic ring is 2. The molecule has 0 unspecified atom stereocenters. The van der Waals surface area contributed by atoms with E-state index in [4.69, 9.17) is 16.7 Å². The summed E-state index contributed by atoms with van der Waals surface area (Å²) in [5.41, 5.74) is 11.3. The second kappa shape index (κ2) is 8.47. The van der Waals surface area contributed by atoms with Crippen LogP contribution < -0.4 is 16.8 Å². The van der Waals surface area contributed by atoms with Crippen LogP contribution in [0.15, 0.2) is 58.3 Å². The molecular weight excluding hydrogens is 474 g/mol. The van der Waals surface area contributed by atoms with Gasteiger partial charge in [0.05, 0.1) is 45.1 Å². The lowest BCUT2D eigenvalue weighted by molar-refractivity contribution is -0.432. The SMILES string of the molecule is Nc1ccc(Nc2cc(S(=O)(=O)O)c(N)c3c2C(=O)c2ccccc2C3=O)c(SOOO)c1. The summed E-state index contributed by atoms with van der Waals surface area (Å²) < 4.78 is 38.1. The zero-order chi connectivity index (χ0) is 23.9. The van der Waals surface area contributed by atoms with E-state index in [1.54, 1.807) is 12.1 Å². The summed E-state index contributed by atoms with van der Waals surface area (Å²) in [6.07, 6.45) is 0. The summed E-state index contributed by atoms with van der Waals surface area (Å²) in [6, 6.07) is 11.4. The van der Waals surface area contributed by atoms with Gasteiger partial charge in [0.15, 0.2) is 11.6 Å². The van der Waals surface area contributed by atoms with Crippen LogP contribution in [-0.4, -0.2) is 29.8 Å². The minimum absolute atomic E-state index is 0.0531. The van der Waals surface area contributed by atoms with Crippen molar-refractivity contribution in [1.29, 1.82) is 0 Å². The van der Waals surface area contributed by atoms with E-state index in [9.17, 15) is 22.6 Å². The van der Waals surface area contributed by atoms with Crippen molar-refractivity contribution in [2.24, 2.45) is 0 Å². The largest absolute Gasteiger partial charge is 0.399 e. The van der Waals surface area contributed by atoms with E-state index < -0.39 is 32.3 Å². The lowest BCUT2D eigenvalue weighted by Gasteiger charge is -2.24. The van der Waals surface area contributed by atoms with Gasteiger partial charge in [-0.1, -0.05) is 29.3 Å².